The smallest absolute Gasteiger partial charge is 0.309 e. The summed E-state index contributed by atoms with van der Waals surface area (Å²) in [4.78, 5) is 38.1. The average molecular weight is 986 g/mol. The van der Waals surface area contributed by atoms with Gasteiger partial charge in [0.1, 0.15) is 13.2 Å². The van der Waals surface area contributed by atoms with Crippen molar-refractivity contribution in [1.82, 2.24) is 0 Å². The lowest BCUT2D eigenvalue weighted by Crippen LogP contribution is -2.30. The molecular formula is C65H108O6. The molecule has 0 amide bonds. The number of hydrogen-bond donors (Lipinski definition) is 0. The van der Waals surface area contributed by atoms with Gasteiger partial charge < -0.3 is 14.2 Å². The summed E-state index contributed by atoms with van der Waals surface area (Å²) in [5.41, 5.74) is 0. The number of hydrogen-bond acceptors (Lipinski definition) is 6. The number of ether oxygens (including phenoxy) is 3. The minimum absolute atomic E-state index is 0.113. The molecule has 0 aliphatic heterocycles. The maximum Gasteiger partial charge on any atom is 0.309 e. The highest BCUT2D eigenvalue weighted by atomic mass is 16.6. The molecule has 0 radical (unpaired) electrons. The fourth-order valence-corrected chi connectivity index (χ4v) is 7.87. The van der Waals surface area contributed by atoms with E-state index in [1.54, 1.807) is 6.08 Å². The maximum atomic E-state index is 12.9. The van der Waals surface area contributed by atoms with Gasteiger partial charge in [-0.25, -0.2) is 0 Å². The summed E-state index contributed by atoms with van der Waals surface area (Å²) >= 11 is 0. The Morgan fingerprint density at radius 1 is 0.310 bits per heavy atom. The van der Waals surface area contributed by atoms with Crippen molar-refractivity contribution in [1.29, 1.82) is 0 Å². The van der Waals surface area contributed by atoms with Gasteiger partial charge in [-0.05, 0) is 109 Å². The van der Waals surface area contributed by atoms with Crippen molar-refractivity contribution >= 4 is 17.9 Å². The third kappa shape index (κ3) is 56.9. The van der Waals surface area contributed by atoms with Crippen LogP contribution in [0.4, 0.5) is 0 Å². The predicted octanol–water partition coefficient (Wildman–Crippen LogP) is 19.9. The van der Waals surface area contributed by atoms with E-state index in [1.165, 1.54) is 141 Å². The quantitative estimate of drug-likeness (QED) is 0.0261. The molecule has 0 rings (SSSR count). The van der Waals surface area contributed by atoms with Crippen LogP contribution in [0.1, 0.15) is 265 Å². The molecule has 0 aliphatic carbocycles. The van der Waals surface area contributed by atoms with Crippen molar-refractivity contribution in [2.45, 2.75) is 271 Å². The number of esters is 3. The summed E-state index contributed by atoms with van der Waals surface area (Å²) < 4.78 is 16.8. The highest BCUT2D eigenvalue weighted by molar-refractivity contribution is 5.72. The Balaban J connectivity index is 4.48. The third-order valence-electron chi connectivity index (χ3n) is 12.3. The Bertz CT molecular complexity index is 1460. The number of unbranched alkanes of at least 4 members (excludes halogenated alkanes) is 24. The van der Waals surface area contributed by atoms with Gasteiger partial charge in [0.25, 0.3) is 0 Å². The largest absolute Gasteiger partial charge is 0.462 e. The van der Waals surface area contributed by atoms with Crippen molar-refractivity contribution in [2.75, 3.05) is 13.2 Å². The normalized spacial score (nSPS) is 12.9. The molecule has 6 heteroatoms. The molecule has 0 aliphatic rings. The van der Waals surface area contributed by atoms with Crippen LogP contribution >= 0.6 is 0 Å². The van der Waals surface area contributed by atoms with E-state index in [4.69, 9.17) is 14.2 Å². The average Bonchev–Trinajstić information content (AvgIpc) is 3.37. The van der Waals surface area contributed by atoms with Crippen molar-refractivity contribution < 1.29 is 28.6 Å². The molecule has 0 saturated heterocycles. The summed E-state index contributed by atoms with van der Waals surface area (Å²) in [6, 6.07) is 0. The van der Waals surface area contributed by atoms with Crippen molar-refractivity contribution in [3.8, 4) is 0 Å². The minimum Gasteiger partial charge on any atom is -0.462 e. The van der Waals surface area contributed by atoms with Gasteiger partial charge in [0.2, 0.25) is 0 Å². The summed E-state index contributed by atoms with van der Waals surface area (Å²) in [5.74, 6) is -1.05. The highest BCUT2D eigenvalue weighted by Crippen LogP contribution is 2.15. The molecule has 0 aromatic rings. The van der Waals surface area contributed by atoms with Gasteiger partial charge in [0.15, 0.2) is 6.10 Å². The molecule has 0 aromatic carbocycles. The molecule has 0 fully saturated rings. The molecule has 0 aromatic heterocycles. The molecule has 6 nitrogen and oxygen atoms in total. The second-order valence-electron chi connectivity index (χ2n) is 19.2. The van der Waals surface area contributed by atoms with Crippen molar-refractivity contribution in [3.05, 3.63) is 109 Å². The number of carbonyl (C=O) groups excluding carboxylic acids is 3. The summed E-state index contributed by atoms with van der Waals surface area (Å²) in [6.07, 6.45) is 79.6. The summed E-state index contributed by atoms with van der Waals surface area (Å²) in [5, 5.41) is 0. The Morgan fingerprint density at radius 3 is 0.986 bits per heavy atom. The van der Waals surface area contributed by atoms with Crippen LogP contribution < -0.4 is 0 Å². The first-order chi connectivity index (χ1) is 35.0. The Labute approximate surface area is 438 Å². The van der Waals surface area contributed by atoms with Crippen LogP contribution in [0.3, 0.4) is 0 Å². The van der Waals surface area contributed by atoms with Gasteiger partial charge in [-0.15, -0.1) is 0 Å². The van der Waals surface area contributed by atoms with Gasteiger partial charge in [-0.2, -0.15) is 0 Å². The Kier molecular flexibility index (Phi) is 55.4. The minimum atomic E-state index is -0.824. The standard InChI is InChI=1S/C65H108O6/c1-4-7-10-13-16-19-22-25-28-30-32-34-37-40-43-46-49-52-55-58-64(67)70-61-62(60-69-63(66)57-54-51-48-45-42-39-36-27-24-21-18-15-12-9-6-3)71-65(68)59-56-53-50-47-44-41-38-35-33-31-29-26-23-20-17-14-11-8-5-2/h9,12,16-21,25-29,36,42,45,51,54,62H,4-8,10-11,13-15,22-24,30-35,37-41,43-44,46-50,52-53,55-61H2,1-3H3/b12-9-,19-16-,20-17-,21-18-,28-25-,29-26-,36-27-,45-42-,54-51-. The van der Waals surface area contributed by atoms with Crippen LogP contribution in [0.5, 0.6) is 0 Å². The van der Waals surface area contributed by atoms with Crippen LogP contribution in [0.25, 0.3) is 0 Å². The molecule has 1 atom stereocenters. The Hall–Kier alpha value is -3.93. The van der Waals surface area contributed by atoms with Crippen LogP contribution in [0.2, 0.25) is 0 Å². The Morgan fingerprint density at radius 2 is 0.606 bits per heavy atom. The highest BCUT2D eigenvalue weighted by Gasteiger charge is 2.19. The zero-order valence-electron chi connectivity index (χ0n) is 46.2. The van der Waals surface area contributed by atoms with Crippen LogP contribution in [0, 0.1) is 0 Å². The van der Waals surface area contributed by atoms with E-state index in [9.17, 15) is 14.4 Å². The fourth-order valence-electron chi connectivity index (χ4n) is 7.87. The van der Waals surface area contributed by atoms with Gasteiger partial charge in [0.05, 0.1) is 6.42 Å². The number of carbonyl (C=O) groups is 3. The van der Waals surface area contributed by atoms with E-state index in [2.05, 4.69) is 118 Å². The van der Waals surface area contributed by atoms with E-state index >= 15 is 0 Å². The predicted molar refractivity (Wildman–Crippen MR) is 307 cm³/mol. The monoisotopic (exact) mass is 985 g/mol. The van der Waals surface area contributed by atoms with E-state index in [0.29, 0.717) is 12.8 Å². The molecule has 404 valence electrons. The number of rotatable bonds is 52. The molecule has 71 heavy (non-hydrogen) atoms. The first-order valence-electron chi connectivity index (χ1n) is 29.4. The molecule has 1 unspecified atom stereocenters. The second-order valence-corrected chi connectivity index (χ2v) is 19.2. The third-order valence-corrected chi connectivity index (χ3v) is 12.3. The number of allylic oxidation sites excluding steroid dienone is 17. The summed E-state index contributed by atoms with van der Waals surface area (Å²) in [6.45, 7) is 6.39. The first-order valence-corrected chi connectivity index (χ1v) is 29.4. The second kappa shape index (κ2) is 58.6. The van der Waals surface area contributed by atoms with Crippen LogP contribution in [0.15, 0.2) is 109 Å². The van der Waals surface area contributed by atoms with E-state index in [1.807, 2.05) is 6.08 Å². The zero-order chi connectivity index (χ0) is 51.4. The summed E-state index contributed by atoms with van der Waals surface area (Å²) in [7, 11) is 0. The van der Waals surface area contributed by atoms with Crippen LogP contribution in [-0.2, 0) is 28.6 Å². The van der Waals surface area contributed by atoms with Crippen molar-refractivity contribution in [3.63, 3.8) is 0 Å². The van der Waals surface area contributed by atoms with Gasteiger partial charge >= 0.3 is 17.9 Å². The maximum absolute atomic E-state index is 12.9. The first kappa shape index (κ1) is 67.1. The van der Waals surface area contributed by atoms with Crippen LogP contribution in [-0.4, -0.2) is 37.2 Å². The zero-order valence-corrected chi connectivity index (χ0v) is 46.2. The lowest BCUT2D eigenvalue weighted by molar-refractivity contribution is -0.166. The van der Waals surface area contributed by atoms with Gasteiger partial charge in [0, 0.05) is 12.8 Å². The van der Waals surface area contributed by atoms with E-state index in [-0.39, 0.29) is 31.6 Å². The van der Waals surface area contributed by atoms with Gasteiger partial charge in [-0.3, -0.25) is 14.4 Å². The van der Waals surface area contributed by atoms with E-state index in [0.717, 1.165) is 83.5 Å². The fraction of sp³-hybridized carbons (Fsp3) is 0.677. The van der Waals surface area contributed by atoms with Crippen molar-refractivity contribution in [2.24, 2.45) is 0 Å². The van der Waals surface area contributed by atoms with Gasteiger partial charge in [-0.1, -0.05) is 246 Å². The molecule has 0 N–H and O–H groups in total. The molecule has 0 saturated carbocycles. The van der Waals surface area contributed by atoms with E-state index < -0.39 is 12.1 Å². The topological polar surface area (TPSA) is 78.9 Å². The lowest BCUT2D eigenvalue weighted by atomic mass is 10.1. The SMILES string of the molecule is CC/C=C\C/C=C\C/C=C\C/C=C\C/C=C\CC(=O)OCC(COC(=O)CCCCCCCCCCC/C=C\C/C=C\CCCCC)OC(=O)CCCCCCCCCCC/C=C\C/C=C\CCCCC. The molecule has 0 spiro atoms. The lowest BCUT2D eigenvalue weighted by Gasteiger charge is -2.18. The molecule has 0 heterocycles. The molecular weight excluding hydrogens is 877 g/mol. The molecule has 0 bridgehead atoms.